The average molecular weight is 416 g/mol. The lowest BCUT2D eigenvalue weighted by Crippen LogP contribution is -2.29. The Labute approximate surface area is 175 Å². The van der Waals surface area contributed by atoms with Gasteiger partial charge in [0.25, 0.3) is 5.91 Å². The molecule has 5 N–H and O–H groups in total. The molecule has 2 aliphatic rings. The van der Waals surface area contributed by atoms with Crippen LogP contribution >= 0.6 is 11.3 Å². The zero-order valence-corrected chi connectivity index (χ0v) is 17.7. The number of aromatic nitrogens is 3. The summed E-state index contributed by atoms with van der Waals surface area (Å²) < 4.78 is 1.80. The highest BCUT2D eigenvalue weighted by atomic mass is 32.1. The van der Waals surface area contributed by atoms with Crippen molar-refractivity contribution in [2.75, 3.05) is 29.0 Å². The quantitative estimate of drug-likeness (QED) is 0.707. The monoisotopic (exact) mass is 415 g/mol. The zero-order chi connectivity index (χ0) is 20.4. The molecule has 2 aromatic heterocycles. The summed E-state index contributed by atoms with van der Waals surface area (Å²) in [6.45, 7) is 1.74. The van der Waals surface area contributed by atoms with Crippen molar-refractivity contribution in [2.24, 2.45) is 12.8 Å². The first-order chi connectivity index (χ1) is 14.0. The molecule has 1 atom stereocenters. The van der Waals surface area contributed by atoms with Crippen molar-refractivity contribution in [3.8, 4) is 0 Å². The Morgan fingerprint density at radius 1 is 1.28 bits per heavy atom. The third-order valence-electron chi connectivity index (χ3n) is 5.66. The van der Waals surface area contributed by atoms with Gasteiger partial charge in [-0.15, -0.1) is 0 Å². The molecular weight excluding hydrogens is 386 g/mol. The molecule has 0 unspecified atom stereocenters. The van der Waals surface area contributed by atoms with Crippen molar-refractivity contribution in [3.63, 3.8) is 0 Å². The lowest BCUT2D eigenvalue weighted by molar-refractivity contribution is 0.102. The fourth-order valence-electron chi connectivity index (χ4n) is 4.07. The molecule has 8 nitrogen and oxygen atoms in total. The van der Waals surface area contributed by atoms with Gasteiger partial charge in [-0.2, -0.15) is 5.10 Å². The van der Waals surface area contributed by atoms with Gasteiger partial charge in [-0.25, -0.2) is 4.98 Å². The van der Waals surface area contributed by atoms with E-state index in [4.69, 9.17) is 11.5 Å². The summed E-state index contributed by atoms with van der Waals surface area (Å²) in [4.78, 5) is 19.8. The van der Waals surface area contributed by atoms with E-state index in [1.807, 2.05) is 7.05 Å². The van der Waals surface area contributed by atoms with E-state index in [0.717, 1.165) is 62.4 Å². The molecule has 0 spiro atoms. The molecule has 9 heteroatoms. The van der Waals surface area contributed by atoms with Gasteiger partial charge in [0.1, 0.15) is 15.7 Å². The van der Waals surface area contributed by atoms with E-state index in [1.54, 1.807) is 10.9 Å². The minimum absolute atomic E-state index is 0.230. The van der Waals surface area contributed by atoms with Crippen LogP contribution in [0.5, 0.6) is 0 Å². The zero-order valence-electron chi connectivity index (χ0n) is 16.9. The molecule has 1 aliphatic heterocycles. The summed E-state index contributed by atoms with van der Waals surface area (Å²) in [6.07, 6.45) is 11.3. The van der Waals surface area contributed by atoms with Crippen LogP contribution in [0.25, 0.3) is 5.57 Å². The van der Waals surface area contributed by atoms with E-state index < -0.39 is 0 Å². The summed E-state index contributed by atoms with van der Waals surface area (Å²) in [6, 6.07) is 0.230. The van der Waals surface area contributed by atoms with E-state index >= 15 is 0 Å². The number of thiazole rings is 1. The molecule has 156 valence electrons. The van der Waals surface area contributed by atoms with E-state index in [9.17, 15) is 4.79 Å². The third-order valence-corrected chi connectivity index (χ3v) is 6.62. The summed E-state index contributed by atoms with van der Waals surface area (Å²) in [5, 5.41) is 8.66. The molecule has 0 bridgehead atoms. The summed E-state index contributed by atoms with van der Waals surface area (Å²) in [5.41, 5.74) is 14.4. The Morgan fingerprint density at radius 3 is 2.93 bits per heavy atom. The van der Waals surface area contributed by atoms with Crippen LogP contribution in [0, 0.1) is 0 Å². The highest BCUT2D eigenvalue weighted by molar-refractivity contribution is 7.17. The number of aryl methyl sites for hydroxylation is 1. The number of nitrogens with two attached hydrogens (primary N) is 2. The number of anilines is 3. The van der Waals surface area contributed by atoms with Crippen LogP contribution in [-0.2, 0) is 7.05 Å². The molecule has 0 aromatic carbocycles. The topological polar surface area (TPSA) is 115 Å². The molecule has 0 radical (unpaired) electrons. The second-order valence-electron chi connectivity index (χ2n) is 7.84. The highest BCUT2D eigenvalue weighted by Gasteiger charge is 2.24. The van der Waals surface area contributed by atoms with Gasteiger partial charge < -0.3 is 21.7 Å². The van der Waals surface area contributed by atoms with Crippen molar-refractivity contribution in [1.29, 1.82) is 0 Å². The normalized spacial score (nSPS) is 20.3. The predicted molar refractivity (Wildman–Crippen MR) is 118 cm³/mol. The number of nitrogen functional groups attached to an aromatic ring is 1. The maximum Gasteiger partial charge on any atom is 0.277 e. The van der Waals surface area contributed by atoms with Gasteiger partial charge in [-0.3, -0.25) is 9.48 Å². The number of nitrogens with zero attached hydrogens (tertiary/aromatic N) is 4. The van der Waals surface area contributed by atoms with Gasteiger partial charge in [0.15, 0.2) is 11.5 Å². The van der Waals surface area contributed by atoms with Crippen LogP contribution in [0.2, 0.25) is 0 Å². The molecule has 2 aromatic rings. The average Bonchev–Trinajstić information content (AvgIpc) is 3.20. The van der Waals surface area contributed by atoms with Crippen LogP contribution in [0.1, 0.15) is 60.4 Å². The maximum atomic E-state index is 13.0. The fraction of sp³-hybridized carbons (Fsp3) is 0.550. The smallest absolute Gasteiger partial charge is 0.277 e. The first-order valence-electron chi connectivity index (χ1n) is 10.3. The largest absolute Gasteiger partial charge is 0.389 e. The lowest BCUT2D eigenvalue weighted by atomic mass is 10.0. The standard InChI is InChI=1S/C20H29N7OS/c1-26-20(27-10-5-8-14(21)9-11-27)15(12-23-26)24-18(28)16-17(22)29-19(25-16)13-6-3-2-4-7-13/h6,12,14H,2-5,7-11,21-22H2,1H3,(H,24,28)/t14-/m1/s1. The second-order valence-corrected chi connectivity index (χ2v) is 8.88. The van der Waals surface area contributed by atoms with Gasteiger partial charge in [0, 0.05) is 26.2 Å². The van der Waals surface area contributed by atoms with Crippen LogP contribution in [0.3, 0.4) is 0 Å². The van der Waals surface area contributed by atoms with Crippen LogP contribution in [-0.4, -0.2) is 39.8 Å². The number of allylic oxidation sites excluding steroid dienone is 2. The number of hydrogen-bond acceptors (Lipinski definition) is 7. The second kappa shape index (κ2) is 8.54. The van der Waals surface area contributed by atoms with Crippen molar-refractivity contribution in [3.05, 3.63) is 23.0 Å². The Kier molecular flexibility index (Phi) is 5.86. The predicted octanol–water partition coefficient (Wildman–Crippen LogP) is 2.99. The highest BCUT2D eigenvalue weighted by Crippen LogP contribution is 2.34. The summed E-state index contributed by atoms with van der Waals surface area (Å²) in [5.74, 6) is 0.610. The number of amides is 1. The van der Waals surface area contributed by atoms with Crippen LogP contribution < -0.4 is 21.7 Å². The maximum absolute atomic E-state index is 13.0. The van der Waals surface area contributed by atoms with Crippen LogP contribution in [0.4, 0.5) is 16.5 Å². The number of carbonyl (C=O) groups excluding carboxylic acids is 1. The number of rotatable bonds is 4. The molecule has 1 aliphatic carbocycles. The Balaban J connectivity index is 1.54. The van der Waals surface area contributed by atoms with Crippen LogP contribution in [0.15, 0.2) is 12.3 Å². The molecule has 1 fully saturated rings. The van der Waals surface area contributed by atoms with E-state index in [1.165, 1.54) is 23.3 Å². The summed E-state index contributed by atoms with van der Waals surface area (Å²) in [7, 11) is 1.89. The van der Waals surface area contributed by atoms with Gasteiger partial charge in [-0.05, 0) is 50.5 Å². The molecule has 29 heavy (non-hydrogen) atoms. The van der Waals surface area contributed by atoms with Gasteiger partial charge in [0.2, 0.25) is 0 Å². The first kappa shape index (κ1) is 19.9. The van der Waals surface area contributed by atoms with Gasteiger partial charge in [0.05, 0.1) is 6.20 Å². The molecule has 1 amide bonds. The van der Waals surface area contributed by atoms with Crippen molar-refractivity contribution < 1.29 is 4.79 Å². The van der Waals surface area contributed by atoms with E-state index in [-0.39, 0.29) is 11.9 Å². The molecule has 4 rings (SSSR count). The van der Waals surface area contributed by atoms with Gasteiger partial charge >= 0.3 is 0 Å². The lowest BCUT2D eigenvalue weighted by Gasteiger charge is -2.24. The summed E-state index contributed by atoms with van der Waals surface area (Å²) >= 11 is 1.39. The first-order valence-corrected chi connectivity index (χ1v) is 11.1. The Bertz CT molecular complexity index is 916. The number of nitrogens with one attached hydrogen (secondary N) is 1. The third kappa shape index (κ3) is 4.30. The molecular formula is C20H29N7OS. The van der Waals surface area contributed by atoms with Gasteiger partial charge in [-0.1, -0.05) is 17.4 Å². The number of hydrogen-bond donors (Lipinski definition) is 3. The fourth-order valence-corrected chi connectivity index (χ4v) is 4.97. The van der Waals surface area contributed by atoms with Crippen molar-refractivity contribution >= 4 is 39.3 Å². The molecule has 0 saturated carbocycles. The van der Waals surface area contributed by atoms with Crippen molar-refractivity contribution in [1.82, 2.24) is 14.8 Å². The van der Waals surface area contributed by atoms with E-state index in [2.05, 4.69) is 26.4 Å². The minimum atomic E-state index is -0.290. The number of carbonyl (C=O) groups is 1. The molecule has 1 saturated heterocycles. The Morgan fingerprint density at radius 2 is 2.14 bits per heavy atom. The molecule has 3 heterocycles. The minimum Gasteiger partial charge on any atom is -0.389 e. The SMILES string of the molecule is Cn1ncc(NC(=O)c2nc(C3=CCCCC3)sc2N)c1N1CCC[C@@H](N)CC1. The van der Waals surface area contributed by atoms with Crippen molar-refractivity contribution in [2.45, 2.75) is 51.0 Å². The van der Waals surface area contributed by atoms with E-state index in [0.29, 0.717) is 16.4 Å². The Hall–Kier alpha value is -2.39.